The predicted octanol–water partition coefficient (Wildman–Crippen LogP) is 7.48. The van der Waals surface area contributed by atoms with Crippen molar-refractivity contribution in [1.29, 1.82) is 0 Å². The number of benzene rings is 1. The van der Waals surface area contributed by atoms with E-state index in [1.807, 2.05) is 0 Å². The van der Waals surface area contributed by atoms with E-state index in [9.17, 15) is 13.6 Å². The molecule has 3 aliphatic carbocycles. The quantitative estimate of drug-likeness (QED) is 0.266. The van der Waals surface area contributed by atoms with Crippen LogP contribution in [0.1, 0.15) is 77.0 Å². The lowest BCUT2D eigenvalue weighted by molar-refractivity contribution is -0.140. The summed E-state index contributed by atoms with van der Waals surface area (Å²) in [4.78, 5) is 12.5. The molecule has 0 aliphatic heterocycles. The van der Waals surface area contributed by atoms with E-state index in [-0.39, 0.29) is 17.6 Å². The Kier molecular flexibility index (Phi) is 7.45. The number of halogens is 2. The molecule has 0 spiro atoms. The molecule has 0 saturated heterocycles. The normalized spacial score (nSPS) is 33.4. The van der Waals surface area contributed by atoms with Crippen LogP contribution < -0.4 is 4.74 Å². The van der Waals surface area contributed by atoms with Crippen LogP contribution in [0.2, 0.25) is 0 Å². The SMILES string of the molecule is C=CCCC1CCC2CC(C3CCC(C(=O)Oc4ccc(F)c(F)c4)CC3)CCC2C1. The van der Waals surface area contributed by atoms with Crippen LogP contribution >= 0.6 is 0 Å². The second kappa shape index (κ2) is 10.3. The van der Waals surface area contributed by atoms with Crippen LogP contribution in [0, 0.1) is 47.1 Å². The van der Waals surface area contributed by atoms with Crippen LogP contribution in [-0.4, -0.2) is 5.97 Å². The molecule has 0 bridgehead atoms. The molecule has 0 heterocycles. The Morgan fingerprint density at radius 3 is 2.26 bits per heavy atom. The van der Waals surface area contributed by atoms with Crippen molar-refractivity contribution in [3.8, 4) is 5.75 Å². The number of esters is 1. The van der Waals surface area contributed by atoms with Crippen LogP contribution in [0.25, 0.3) is 0 Å². The topological polar surface area (TPSA) is 26.3 Å². The predicted molar refractivity (Wildman–Crippen MR) is 119 cm³/mol. The Bertz CT molecular complexity index is 768. The monoisotopic (exact) mass is 430 g/mol. The van der Waals surface area contributed by atoms with E-state index in [1.54, 1.807) is 0 Å². The molecule has 3 aliphatic rings. The summed E-state index contributed by atoms with van der Waals surface area (Å²) in [5, 5.41) is 0. The summed E-state index contributed by atoms with van der Waals surface area (Å²) in [6.45, 7) is 3.87. The Hall–Kier alpha value is -1.71. The fourth-order valence-corrected chi connectivity index (χ4v) is 6.63. The number of rotatable bonds is 6. The van der Waals surface area contributed by atoms with E-state index in [0.29, 0.717) is 0 Å². The molecule has 4 rings (SSSR count). The number of allylic oxidation sites excluding steroid dienone is 1. The molecule has 31 heavy (non-hydrogen) atoms. The third-order valence-corrected chi connectivity index (χ3v) is 8.42. The standard InChI is InChI=1S/C27H36F2O2/c1-2-3-4-18-5-6-23-16-22(12-11-21(23)15-18)19-7-9-20(10-8-19)27(30)31-24-13-14-25(28)26(29)17-24/h2,13-14,17-23H,1,3-12,15-16H2. The van der Waals surface area contributed by atoms with Gasteiger partial charge in [0.2, 0.25) is 0 Å². The van der Waals surface area contributed by atoms with Crippen LogP contribution in [0.15, 0.2) is 30.9 Å². The maximum atomic E-state index is 13.4. The summed E-state index contributed by atoms with van der Waals surface area (Å²) in [6, 6.07) is 3.26. The molecule has 4 atom stereocenters. The lowest BCUT2D eigenvalue weighted by Gasteiger charge is -2.45. The fraction of sp³-hybridized carbons (Fsp3) is 0.667. The molecule has 4 heteroatoms. The minimum Gasteiger partial charge on any atom is -0.426 e. The summed E-state index contributed by atoms with van der Waals surface area (Å²) >= 11 is 0. The lowest BCUT2D eigenvalue weighted by atomic mass is 9.60. The van der Waals surface area contributed by atoms with Gasteiger partial charge in [-0.3, -0.25) is 4.79 Å². The molecule has 1 aromatic rings. The highest BCUT2D eigenvalue weighted by molar-refractivity contribution is 5.75. The zero-order valence-corrected chi connectivity index (χ0v) is 18.5. The van der Waals surface area contributed by atoms with E-state index in [1.165, 1.54) is 51.0 Å². The van der Waals surface area contributed by atoms with Crippen LogP contribution in [0.3, 0.4) is 0 Å². The maximum Gasteiger partial charge on any atom is 0.314 e. The fourth-order valence-electron chi connectivity index (χ4n) is 6.63. The first-order valence-electron chi connectivity index (χ1n) is 12.3. The van der Waals surface area contributed by atoms with Gasteiger partial charge in [-0.2, -0.15) is 0 Å². The van der Waals surface area contributed by atoms with Gasteiger partial charge in [0.1, 0.15) is 5.75 Å². The molecular weight excluding hydrogens is 394 g/mol. The van der Waals surface area contributed by atoms with E-state index in [2.05, 4.69) is 12.7 Å². The number of carbonyl (C=O) groups is 1. The highest BCUT2D eigenvalue weighted by Crippen LogP contribution is 2.49. The summed E-state index contributed by atoms with van der Waals surface area (Å²) in [7, 11) is 0. The molecule has 0 amide bonds. The van der Waals surface area contributed by atoms with Crippen molar-refractivity contribution >= 4 is 5.97 Å². The molecule has 3 fully saturated rings. The van der Waals surface area contributed by atoms with Crippen LogP contribution in [0.4, 0.5) is 8.78 Å². The zero-order chi connectivity index (χ0) is 21.8. The lowest BCUT2D eigenvalue weighted by Crippen LogP contribution is -2.35. The van der Waals surface area contributed by atoms with Gasteiger partial charge in [-0.05, 0) is 112 Å². The zero-order valence-electron chi connectivity index (χ0n) is 18.5. The van der Waals surface area contributed by atoms with E-state index < -0.39 is 11.6 Å². The summed E-state index contributed by atoms with van der Waals surface area (Å²) < 4.78 is 31.7. The average Bonchev–Trinajstić information content (AvgIpc) is 2.79. The Morgan fingerprint density at radius 2 is 1.55 bits per heavy atom. The number of hydrogen-bond donors (Lipinski definition) is 0. The van der Waals surface area contributed by atoms with E-state index in [4.69, 9.17) is 4.74 Å². The van der Waals surface area contributed by atoms with Crippen molar-refractivity contribution in [1.82, 2.24) is 0 Å². The van der Waals surface area contributed by atoms with Crippen molar-refractivity contribution in [2.24, 2.45) is 35.5 Å². The molecule has 0 N–H and O–H groups in total. The van der Waals surface area contributed by atoms with Gasteiger partial charge in [0.25, 0.3) is 0 Å². The Labute approximate surface area is 185 Å². The highest BCUT2D eigenvalue weighted by atomic mass is 19.2. The van der Waals surface area contributed by atoms with Gasteiger partial charge < -0.3 is 4.74 Å². The molecule has 0 radical (unpaired) electrons. The van der Waals surface area contributed by atoms with Crippen molar-refractivity contribution in [3.05, 3.63) is 42.5 Å². The van der Waals surface area contributed by atoms with Crippen LogP contribution in [-0.2, 0) is 4.79 Å². The van der Waals surface area contributed by atoms with Gasteiger partial charge in [-0.25, -0.2) is 8.78 Å². The Morgan fingerprint density at radius 1 is 0.903 bits per heavy atom. The summed E-state index contributed by atoms with van der Waals surface area (Å²) in [5.41, 5.74) is 0. The minimum atomic E-state index is -0.987. The molecule has 3 saturated carbocycles. The molecule has 4 unspecified atom stereocenters. The second-order valence-corrected chi connectivity index (χ2v) is 10.2. The number of hydrogen-bond acceptors (Lipinski definition) is 2. The van der Waals surface area contributed by atoms with Crippen molar-refractivity contribution in [2.45, 2.75) is 77.0 Å². The maximum absolute atomic E-state index is 13.4. The third kappa shape index (κ3) is 5.56. The third-order valence-electron chi connectivity index (χ3n) is 8.42. The summed E-state index contributed by atoms with van der Waals surface area (Å²) in [6.07, 6.45) is 16.7. The Balaban J connectivity index is 1.22. The van der Waals surface area contributed by atoms with Gasteiger partial charge in [0.05, 0.1) is 5.92 Å². The summed E-state index contributed by atoms with van der Waals surface area (Å²) in [5.74, 6) is 2.05. The van der Waals surface area contributed by atoms with Gasteiger partial charge >= 0.3 is 5.97 Å². The van der Waals surface area contributed by atoms with Gasteiger partial charge in [0.15, 0.2) is 11.6 Å². The van der Waals surface area contributed by atoms with Gasteiger partial charge in [-0.15, -0.1) is 6.58 Å². The first-order chi connectivity index (χ1) is 15.0. The highest BCUT2D eigenvalue weighted by Gasteiger charge is 2.39. The number of ether oxygens (including phenoxy) is 1. The molecule has 1 aromatic carbocycles. The molecule has 170 valence electrons. The van der Waals surface area contributed by atoms with Gasteiger partial charge in [-0.1, -0.05) is 12.5 Å². The van der Waals surface area contributed by atoms with E-state index >= 15 is 0 Å². The first kappa shape index (κ1) is 22.5. The molecule has 0 aromatic heterocycles. The minimum absolute atomic E-state index is 0.0908. The largest absolute Gasteiger partial charge is 0.426 e. The van der Waals surface area contributed by atoms with Gasteiger partial charge in [0, 0.05) is 6.07 Å². The van der Waals surface area contributed by atoms with E-state index in [0.717, 1.165) is 73.8 Å². The number of fused-ring (bicyclic) bond motifs is 1. The first-order valence-corrected chi connectivity index (χ1v) is 12.3. The number of carbonyl (C=O) groups excluding carboxylic acids is 1. The van der Waals surface area contributed by atoms with Crippen molar-refractivity contribution in [2.75, 3.05) is 0 Å². The molecular formula is C27H36F2O2. The van der Waals surface area contributed by atoms with Crippen molar-refractivity contribution < 1.29 is 18.3 Å². The second-order valence-electron chi connectivity index (χ2n) is 10.2. The van der Waals surface area contributed by atoms with Crippen LogP contribution in [0.5, 0.6) is 5.75 Å². The smallest absolute Gasteiger partial charge is 0.314 e. The van der Waals surface area contributed by atoms with Crippen molar-refractivity contribution in [3.63, 3.8) is 0 Å². The molecule has 2 nitrogen and oxygen atoms in total. The average molecular weight is 431 g/mol.